The number of imide groups is 2. The molecule has 3 aliphatic rings. The second-order valence-corrected chi connectivity index (χ2v) is 9.28. The fraction of sp³-hybridized carbons (Fsp3) is 0.385. The van der Waals surface area contributed by atoms with Crippen molar-refractivity contribution in [2.75, 3.05) is 18.4 Å². The van der Waals surface area contributed by atoms with E-state index >= 15 is 0 Å². The minimum Gasteiger partial charge on any atom is -0.380 e. The Kier molecular flexibility index (Phi) is 8.34. The first-order valence-electron chi connectivity index (χ1n) is 12.4. The molecule has 2 saturated heterocycles. The summed E-state index contributed by atoms with van der Waals surface area (Å²) >= 11 is 0. The van der Waals surface area contributed by atoms with Crippen LogP contribution in [0.2, 0.25) is 0 Å². The molecule has 0 radical (unpaired) electrons. The van der Waals surface area contributed by atoms with E-state index in [1.165, 1.54) is 0 Å². The van der Waals surface area contributed by atoms with Crippen LogP contribution in [0.1, 0.15) is 63.7 Å². The number of rotatable bonds is 5. The summed E-state index contributed by atoms with van der Waals surface area (Å²) in [6.45, 7) is 2.15. The number of terminal acetylenes is 1. The number of nitrogens with zero attached hydrogens (tertiary/aromatic N) is 3. The number of benzene rings is 1. The standard InChI is InChI=1S/C24H24N6O4.C2HF3O/c1-2-18-14(13-27-30(18)15-8-10-25-11-9-15)12-26-17-5-3-4-16-21(17)24(34)29(23(16)33)19-6-7-20(31)28-22(19)32;3-2(4,5)1-6/h1,3-5,13,15,19,25-26H,6-12H2,(H,28,31,32);1H. The Morgan fingerprint density at radius 2 is 1.82 bits per heavy atom. The Morgan fingerprint density at radius 1 is 1.12 bits per heavy atom. The normalized spacial score (nSPS) is 19.4. The molecule has 4 heterocycles. The van der Waals surface area contributed by atoms with Gasteiger partial charge in [0.1, 0.15) is 11.7 Å². The van der Waals surface area contributed by atoms with Crippen LogP contribution in [0.5, 0.6) is 0 Å². The summed E-state index contributed by atoms with van der Waals surface area (Å²) in [5.74, 6) is 0.605. The van der Waals surface area contributed by atoms with Gasteiger partial charge < -0.3 is 10.6 Å². The maximum Gasteiger partial charge on any atom is 0.446 e. The van der Waals surface area contributed by atoms with Gasteiger partial charge in [-0.05, 0) is 44.5 Å². The van der Waals surface area contributed by atoms with Crippen LogP contribution < -0.4 is 16.0 Å². The molecule has 2 aromatic rings. The Morgan fingerprint density at radius 3 is 2.45 bits per heavy atom. The molecule has 1 unspecified atom stereocenters. The summed E-state index contributed by atoms with van der Waals surface area (Å²) in [5, 5.41) is 13.3. The number of nitrogens with one attached hydrogen (secondary N) is 3. The lowest BCUT2D eigenvalue weighted by Gasteiger charge is -2.27. The summed E-state index contributed by atoms with van der Waals surface area (Å²) in [6, 6.07) is 4.19. The maximum absolute atomic E-state index is 13.2. The van der Waals surface area contributed by atoms with E-state index in [9.17, 15) is 32.3 Å². The molecule has 0 spiro atoms. The Hall–Kier alpha value is -4.51. The van der Waals surface area contributed by atoms with E-state index in [0.717, 1.165) is 36.4 Å². The molecule has 210 valence electrons. The third kappa shape index (κ3) is 5.89. The van der Waals surface area contributed by atoms with Gasteiger partial charge in [-0.1, -0.05) is 12.0 Å². The number of anilines is 1. The van der Waals surface area contributed by atoms with E-state index in [0.29, 0.717) is 17.9 Å². The molecule has 40 heavy (non-hydrogen) atoms. The predicted octanol–water partition coefficient (Wildman–Crippen LogP) is 1.55. The van der Waals surface area contributed by atoms with Crippen molar-refractivity contribution in [1.82, 2.24) is 25.3 Å². The monoisotopic (exact) mass is 558 g/mol. The van der Waals surface area contributed by atoms with Crippen LogP contribution in [-0.2, 0) is 20.9 Å². The van der Waals surface area contributed by atoms with Crippen molar-refractivity contribution in [3.8, 4) is 12.3 Å². The number of carbonyl (C=O) groups is 5. The second-order valence-electron chi connectivity index (χ2n) is 9.28. The van der Waals surface area contributed by atoms with Gasteiger partial charge in [0.15, 0.2) is 0 Å². The van der Waals surface area contributed by atoms with E-state index in [-0.39, 0.29) is 30.0 Å². The Labute approximate surface area is 226 Å². The summed E-state index contributed by atoms with van der Waals surface area (Å²) in [5.41, 5.74) is 2.42. The highest BCUT2D eigenvalue weighted by atomic mass is 19.4. The van der Waals surface area contributed by atoms with Crippen LogP contribution in [0.15, 0.2) is 24.4 Å². The Balaban J connectivity index is 0.000000557. The molecular formula is C26H25F3N6O5. The number of hydrogen-bond donors (Lipinski definition) is 3. The van der Waals surface area contributed by atoms with E-state index in [4.69, 9.17) is 11.2 Å². The molecule has 1 aromatic heterocycles. The third-order valence-corrected chi connectivity index (χ3v) is 6.73. The predicted molar refractivity (Wildman–Crippen MR) is 134 cm³/mol. The number of hydrogen-bond acceptors (Lipinski definition) is 8. The van der Waals surface area contributed by atoms with Gasteiger partial charge in [-0.3, -0.25) is 38.9 Å². The first-order valence-corrected chi connectivity index (χ1v) is 12.4. The number of aromatic nitrogens is 2. The van der Waals surface area contributed by atoms with Crippen LogP contribution in [-0.4, -0.2) is 69.9 Å². The Bertz CT molecular complexity index is 1390. The number of alkyl halides is 3. The minimum absolute atomic E-state index is 0.0742. The van der Waals surface area contributed by atoms with E-state index < -0.39 is 42.1 Å². The van der Waals surface area contributed by atoms with Gasteiger partial charge in [-0.15, -0.1) is 6.42 Å². The van der Waals surface area contributed by atoms with Crippen molar-refractivity contribution in [2.45, 2.75) is 50.5 Å². The van der Waals surface area contributed by atoms with Crippen LogP contribution in [0.25, 0.3) is 0 Å². The first kappa shape index (κ1) is 28.5. The van der Waals surface area contributed by atoms with Gasteiger partial charge in [-0.25, -0.2) is 0 Å². The number of amides is 4. The van der Waals surface area contributed by atoms with Crippen LogP contribution in [0.3, 0.4) is 0 Å². The first-order chi connectivity index (χ1) is 19.1. The van der Waals surface area contributed by atoms with Crippen molar-refractivity contribution >= 4 is 35.6 Å². The van der Waals surface area contributed by atoms with Gasteiger partial charge >= 0.3 is 6.18 Å². The molecular weight excluding hydrogens is 533 g/mol. The number of carbonyl (C=O) groups excluding carboxylic acids is 5. The van der Waals surface area contributed by atoms with Gasteiger partial charge in [-0.2, -0.15) is 18.3 Å². The third-order valence-electron chi connectivity index (χ3n) is 6.73. The van der Waals surface area contributed by atoms with Crippen LogP contribution >= 0.6 is 0 Å². The molecule has 2 fully saturated rings. The number of aldehydes is 1. The molecule has 3 aliphatic heterocycles. The molecule has 5 rings (SSSR count). The van der Waals surface area contributed by atoms with Crippen molar-refractivity contribution in [2.24, 2.45) is 0 Å². The average Bonchev–Trinajstić information content (AvgIpc) is 3.46. The smallest absolute Gasteiger partial charge is 0.380 e. The zero-order valence-corrected chi connectivity index (χ0v) is 21.1. The lowest BCUT2D eigenvalue weighted by Crippen LogP contribution is -2.54. The average molecular weight is 559 g/mol. The van der Waals surface area contributed by atoms with Gasteiger partial charge in [0.05, 0.1) is 23.4 Å². The molecule has 0 saturated carbocycles. The van der Waals surface area contributed by atoms with E-state index in [1.54, 1.807) is 24.4 Å². The summed E-state index contributed by atoms with van der Waals surface area (Å²) < 4.78 is 33.1. The molecule has 11 nitrogen and oxygen atoms in total. The fourth-order valence-corrected chi connectivity index (χ4v) is 4.87. The van der Waals surface area contributed by atoms with Gasteiger partial charge in [0, 0.05) is 24.2 Å². The summed E-state index contributed by atoms with van der Waals surface area (Å²) in [6.07, 6.45) is 3.91. The van der Waals surface area contributed by atoms with Crippen molar-refractivity contribution in [1.29, 1.82) is 0 Å². The maximum atomic E-state index is 13.2. The van der Waals surface area contributed by atoms with Crippen LogP contribution in [0, 0.1) is 12.3 Å². The lowest BCUT2D eigenvalue weighted by atomic mass is 10.0. The second kappa shape index (κ2) is 11.7. The summed E-state index contributed by atoms with van der Waals surface area (Å²) in [7, 11) is 0. The van der Waals surface area contributed by atoms with Crippen molar-refractivity contribution in [3.05, 3.63) is 46.8 Å². The van der Waals surface area contributed by atoms with Crippen molar-refractivity contribution in [3.63, 3.8) is 0 Å². The number of halogens is 3. The molecule has 14 heteroatoms. The molecule has 0 bridgehead atoms. The topological polar surface area (TPSA) is 142 Å². The zero-order valence-electron chi connectivity index (χ0n) is 21.1. The fourth-order valence-electron chi connectivity index (χ4n) is 4.87. The van der Waals surface area contributed by atoms with Gasteiger partial charge in [0.25, 0.3) is 11.8 Å². The van der Waals surface area contributed by atoms with Gasteiger partial charge in [0.2, 0.25) is 18.1 Å². The van der Waals surface area contributed by atoms with E-state index in [1.807, 2.05) is 4.68 Å². The molecule has 1 atom stereocenters. The quantitative estimate of drug-likeness (QED) is 0.285. The minimum atomic E-state index is -4.64. The largest absolute Gasteiger partial charge is 0.446 e. The van der Waals surface area contributed by atoms with E-state index in [2.05, 4.69) is 27.0 Å². The molecule has 0 aliphatic carbocycles. The highest BCUT2D eigenvalue weighted by Gasteiger charge is 2.45. The number of piperidine rings is 2. The summed E-state index contributed by atoms with van der Waals surface area (Å²) in [4.78, 5) is 59.7. The lowest BCUT2D eigenvalue weighted by molar-refractivity contribution is -0.156. The molecule has 1 aromatic carbocycles. The van der Waals surface area contributed by atoms with Crippen molar-refractivity contribution < 1.29 is 37.1 Å². The molecule has 3 N–H and O–H groups in total. The SMILES string of the molecule is C#Cc1c(CNc2cccc3c2C(=O)N(C2CCC(=O)NC2=O)C3=O)cnn1C1CCNCC1.O=CC(F)(F)F. The number of fused-ring (bicyclic) bond motifs is 1. The van der Waals surface area contributed by atoms with Crippen LogP contribution in [0.4, 0.5) is 18.9 Å². The molecule has 4 amide bonds. The highest BCUT2D eigenvalue weighted by molar-refractivity contribution is 6.25. The zero-order chi connectivity index (χ0) is 29.0. The highest BCUT2D eigenvalue weighted by Crippen LogP contribution is 2.33.